The van der Waals surface area contributed by atoms with E-state index in [1.165, 1.54) is 4.90 Å². The summed E-state index contributed by atoms with van der Waals surface area (Å²) >= 11 is 0. The fraction of sp³-hybridized carbons (Fsp3) is 0.800. The van der Waals surface area contributed by atoms with Crippen LogP contribution in [0.1, 0.15) is 0 Å². The van der Waals surface area contributed by atoms with Crippen LogP contribution in [0, 0.1) is 0 Å². The molecule has 0 aromatic carbocycles. The third-order valence-electron chi connectivity index (χ3n) is 2.70. The number of nitrogens with zero attached hydrogens (tertiary/aromatic N) is 2. The number of rotatable bonds is 4. The Balaban J connectivity index is 2.32. The maximum absolute atomic E-state index is 11.7. The third kappa shape index (κ3) is 4.29. The lowest BCUT2D eigenvalue weighted by Gasteiger charge is -2.33. The molecule has 98 valence electrons. The molecule has 0 aromatic rings. The first kappa shape index (κ1) is 13.9. The summed E-state index contributed by atoms with van der Waals surface area (Å²) < 4.78 is 0. The molecule has 0 bridgehead atoms. The van der Waals surface area contributed by atoms with Gasteiger partial charge in [0.1, 0.15) is 0 Å². The summed E-state index contributed by atoms with van der Waals surface area (Å²) in [6.07, 6.45) is 0. The van der Waals surface area contributed by atoms with Gasteiger partial charge in [0.15, 0.2) is 0 Å². The number of carbonyl (C=O) groups is 2. The maximum Gasteiger partial charge on any atom is 0.311 e. The molecule has 17 heavy (non-hydrogen) atoms. The van der Waals surface area contributed by atoms with Gasteiger partial charge in [0.25, 0.3) is 0 Å². The molecule has 1 rings (SSSR count). The minimum absolute atomic E-state index is 0.109. The zero-order chi connectivity index (χ0) is 12.7. The van der Waals surface area contributed by atoms with Crippen molar-refractivity contribution in [2.75, 3.05) is 52.4 Å². The molecule has 2 amide bonds. The third-order valence-corrected chi connectivity index (χ3v) is 2.70. The first-order chi connectivity index (χ1) is 8.19. The second-order valence-corrected chi connectivity index (χ2v) is 3.90. The number of nitrogens with two attached hydrogens (primary N) is 1. The molecule has 0 aromatic heterocycles. The Labute approximate surface area is 101 Å². The number of hydrogen-bond acceptors (Lipinski definition) is 5. The highest BCUT2D eigenvalue weighted by Gasteiger charge is 2.25. The zero-order valence-corrected chi connectivity index (χ0v) is 9.89. The van der Waals surface area contributed by atoms with Crippen molar-refractivity contribution in [3.05, 3.63) is 0 Å². The minimum Gasteiger partial charge on any atom is -0.395 e. The van der Waals surface area contributed by atoms with Gasteiger partial charge in [-0.1, -0.05) is 0 Å². The molecule has 1 fully saturated rings. The van der Waals surface area contributed by atoms with Crippen molar-refractivity contribution in [3.8, 4) is 0 Å². The van der Waals surface area contributed by atoms with E-state index in [0.717, 1.165) is 19.6 Å². The summed E-state index contributed by atoms with van der Waals surface area (Å²) in [6.45, 7) is 3.95. The Hall–Kier alpha value is -1.18. The number of aliphatic hydroxyl groups is 1. The van der Waals surface area contributed by atoms with Crippen LogP contribution in [0.5, 0.6) is 0 Å². The van der Waals surface area contributed by atoms with Gasteiger partial charge in [-0.3, -0.25) is 14.5 Å². The fourth-order valence-electron chi connectivity index (χ4n) is 1.75. The van der Waals surface area contributed by atoms with Crippen LogP contribution < -0.4 is 11.1 Å². The molecule has 1 saturated heterocycles. The molecule has 0 unspecified atom stereocenters. The second kappa shape index (κ2) is 7.21. The van der Waals surface area contributed by atoms with Crippen LogP contribution in [0.3, 0.4) is 0 Å². The van der Waals surface area contributed by atoms with E-state index < -0.39 is 11.8 Å². The first-order valence-electron chi connectivity index (χ1n) is 5.79. The Bertz CT molecular complexity index is 264. The minimum atomic E-state index is -0.647. The predicted molar refractivity (Wildman–Crippen MR) is 62.2 cm³/mol. The average Bonchev–Trinajstić information content (AvgIpc) is 2.36. The van der Waals surface area contributed by atoms with Crippen LogP contribution in [-0.4, -0.2) is 79.1 Å². The molecule has 0 saturated carbocycles. The molecule has 1 aliphatic rings. The van der Waals surface area contributed by atoms with Crippen LogP contribution in [0.25, 0.3) is 0 Å². The highest BCUT2D eigenvalue weighted by molar-refractivity contribution is 6.35. The highest BCUT2D eigenvalue weighted by atomic mass is 16.3. The quantitative estimate of drug-likeness (QED) is 0.464. The lowest BCUT2D eigenvalue weighted by atomic mass is 10.3. The van der Waals surface area contributed by atoms with Crippen LogP contribution in [-0.2, 0) is 9.59 Å². The van der Waals surface area contributed by atoms with Crippen molar-refractivity contribution in [2.45, 2.75) is 0 Å². The van der Waals surface area contributed by atoms with E-state index in [9.17, 15) is 9.59 Å². The number of aliphatic hydroxyl groups excluding tert-OH is 1. The van der Waals surface area contributed by atoms with Crippen molar-refractivity contribution >= 4 is 11.8 Å². The number of nitrogens with one attached hydrogen (secondary N) is 1. The summed E-state index contributed by atoms with van der Waals surface area (Å²) in [7, 11) is 0. The molecule has 7 nitrogen and oxygen atoms in total. The smallest absolute Gasteiger partial charge is 0.311 e. The lowest BCUT2D eigenvalue weighted by molar-refractivity contribution is -0.147. The first-order valence-corrected chi connectivity index (χ1v) is 5.79. The van der Waals surface area contributed by atoms with Crippen LogP contribution >= 0.6 is 0 Å². The van der Waals surface area contributed by atoms with Gasteiger partial charge in [-0.25, -0.2) is 0 Å². The molecular weight excluding hydrogens is 224 g/mol. The normalized spacial score (nSPS) is 16.9. The predicted octanol–water partition coefficient (Wildman–Crippen LogP) is -2.80. The van der Waals surface area contributed by atoms with Crippen molar-refractivity contribution in [3.63, 3.8) is 0 Å². The maximum atomic E-state index is 11.7. The summed E-state index contributed by atoms with van der Waals surface area (Å²) in [5.74, 6) is -1.17. The van der Waals surface area contributed by atoms with E-state index in [-0.39, 0.29) is 13.2 Å². The summed E-state index contributed by atoms with van der Waals surface area (Å²) in [5, 5.41) is 10.9. The Kier molecular flexibility index (Phi) is 5.88. The standard InChI is InChI=1S/C10H20N4O3/c11-1-3-13-4-6-14(7-5-13)10(17)9(16)12-2-8-15/h15H,1-8,11H2,(H,12,16). The van der Waals surface area contributed by atoms with Crippen LogP contribution in [0.15, 0.2) is 0 Å². The molecule has 4 N–H and O–H groups in total. The van der Waals surface area contributed by atoms with Crippen molar-refractivity contribution in [1.82, 2.24) is 15.1 Å². The van der Waals surface area contributed by atoms with Gasteiger partial charge in [0.2, 0.25) is 0 Å². The molecular formula is C10H20N4O3. The number of piperazine rings is 1. The van der Waals surface area contributed by atoms with E-state index in [0.29, 0.717) is 19.6 Å². The molecule has 1 heterocycles. The molecule has 0 spiro atoms. The van der Waals surface area contributed by atoms with E-state index in [1.54, 1.807) is 0 Å². The summed E-state index contributed by atoms with van der Waals surface area (Å²) in [6, 6.07) is 0. The van der Waals surface area contributed by atoms with Gasteiger partial charge >= 0.3 is 11.8 Å². The van der Waals surface area contributed by atoms with Gasteiger partial charge in [-0.05, 0) is 0 Å². The Morgan fingerprint density at radius 1 is 1.24 bits per heavy atom. The lowest BCUT2D eigenvalue weighted by Crippen LogP contribution is -2.53. The SMILES string of the molecule is NCCN1CCN(C(=O)C(=O)NCCO)CC1. The number of amides is 2. The zero-order valence-electron chi connectivity index (χ0n) is 9.89. The van der Waals surface area contributed by atoms with Crippen molar-refractivity contribution in [1.29, 1.82) is 0 Å². The molecule has 0 atom stereocenters. The van der Waals surface area contributed by atoms with Gasteiger partial charge in [-0.2, -0.15) is 0 Å². The van der Waals surface area contributed by atoms with E-state index >= 15 is 0 Å². The van der Waals surface area contributed by atoms with Gasteiger partial charge in [0.05, 0.1) is 6.61 Å². The summed E-state index contributed by atoms with van der Waals surface area (Å²) in [5.41, 5.74) is 5.45. The van der Waals surface area contributed by atoms with Crippen molar-refractivity contribution < 1.29 is 14.7 Å². The average molecular weight is 244 g/mol. The number of hydrogen-bond donors (Lipinski definition) is 3. The van der Waals surface area contributed by atoms with Crippen molar-refractivity contribution in [2.24, 2.45) is 5.73 Å². The van der Waals surface area contributed by atoms with E-state index in [4.69, 9.17) is 10.8 Å². The Morgan fingerprint density at radius 3 is 2.41 bits per heavy atom. The monoisotopic (exact) mass is 244 g/mol. The summed E-state index contributed by atoms with van der Waals surface area (Å²) in [4.78, 5) is 26.7. The Morgan fingerprint density at radius 2 is 1.88 bits per heavy atom. The fourth-order valence-corrected chi connectivity index (χ4v) is 1.75. The van der Waals surface area contributed by atoms with Gasteiger partial charge in [-0.15, -0.1) is 0 Å². The van der Waals surface area contributed by atoms with Crippen LogP contribution in [0.2, 0.25) is 0 Å². The molecule has 0 aliphatic carbocycles. The molecule has 7 heteroatoms. The largest absolute Gasteiger partial charge is 0.395 e. The second-order valence-electron chi connectivity index (χ2n) is 3.90. The van der Waals surface area contributed by atoms with E-state index in [1.807, 2.05) is 0 Å². The van der Waals surface area contributed by atoms with Gasteiger partial charge in [0, 0.05) is 45.8 Å². The van der Waals surface area contributed by atoms with E-state index in [2.05, 4.69) is 10.2 Å². The molecule has 0 radical (unpaired) electrons. The van der Waals surface area contributed by atoms with Gasteiger partial charge < -0.3 is 21.1 Å². The highest BCUT2D eigenvalue weighted by Crippen LogP contribution is 2.01. The topological polar surface area (TPSA) is 98.9 Å². The molecule has 1 aliphatic heterocycles. The number of carbonyl (C=O) groups excluding carboxylic acids is 2. The van der Waals surface area contributed by atoms with Crippen LogP contribution in [0.4, 0.5) is 0 Å².